The van der Waals surface area contributed by atoms with E-state index >= 15 is 0 Å². The van der Waals surface area contributed by atoms with Crippen molar-refractivity contribution in [3.8, 4) is 23.0 Å². The van der Waals surface area contributed by atoms with Crippen molar-refractivity contribution in [1.82, 2.24) is 0 Å². The Labute approximate surface area is 249 Å². The fraction of sp³-hybridized carbons (Fsp3) is 0.212. The van der Waals surface area contributed by atoms with Gasteiger partial charge in [0.25, 0.3) is 0 Å². The molecule has 0 bridgehead atoms. The van der Waals surface area contributed by atoms with E-state index in [0.29, 0.717) is 35.8 Å². The molecule has 0 saturated carbocycles. The van der Waals surface area contributed by atoms with Crippen LogP contribution in [0.1, 0.15) is 52.0 Å². The molecule has 0 fully saturated rings. The van der Waals surface area contributed by atoms with Gasteiger partial charge in [-0.2, -0.15) is 0 Å². The van der Waals surface area contributed by atoms with Gasteiger partial charge in [0.1, 0.15) is 17.2 Å². The summed E-state index contributed by atoms with van der Waals surface area (Å²) in [4.78, 5) is 56.5. The van der Waals surface area contributed by atoms with Crippen LogP contribution in [0.25, 0.3) is 0 Å². The molecule has 0 aliphatic carbocycles. The molecular formula is C33H32O10. The van der Waals surface area contributed by atoms with E-state index in [1.165, 1.54) is 36.4 Å². The number of aryl methyl sites for hydroxylation is 1. The van der Waals surface area contributed by atoms with Gasteiger partial charge in [0, 0.05) is 12.2 Å². The summed E-state index contributed by atoms with van der Waals surface area (Å²) in [6.45, 7) is 9.24. The van der Waals surface area contributed by atoms with E-state index < -0.39 is 23.9 Å². The third kappa shape index (κ3) is 10.8. The summed E-state index contributed by atoms with van der Waals surface area (Å²) in [5.41, 5.74) is 1.17. The molecule has 43 heavy (non-hydrogen) atoms. The summed E-state index contributed by atoms with van der Waals surface area (Å²) in [5, 5.41) is 0. The lowest BCUT2D eigenvalue weighted by molar-refractivity contribution is -0.207. The molecule has 0 spiro atoms. The van der Waals surface area contributed by atoms with Gasteiger partial charge in [0.2, 0.25) is 0 Å². The maximum Gasteiger partial charge on any atom is 0.378 e. The van der Waals surface area contributed by atoms with Crippen molar-refractivity contribution in [2.45, 2.75) is 32.6 Å². The van der Waals surface area contributed by atoms with Gasteiger partial charge in [-0.1, -0.05) is 13.2 Å². The summed E-state index contributed by atoms with van der Waals surface area (Å²) in [6, 6.07) is 17.1. The molecule has 0 atom stereocenters. The van der Waals surface area contributed by atoms with Crippen LogP contribution in [-0.2, 0) is 19.2 Å². The number of esters is 3. The van der Waals surface area contributed by atoms with Crippen LogP contribution in [0.2, 0.25) is 0 Å². The molecule has 0 N–H and O–H groups in total. The molecule has 0 aliphatic heterocycles. The number of hydrogen-bond acceptors (Lipinski definition) is 10. The molecule has 10 nitrogen and oxygen atoms in total. The highest BCUT2D eigenvalue weighted by Crippen LogP contribution is 2.26. The molecule has 224 valence electrons. The number of carbonyl (C=O) groups is 4. The Hall–Kier alpha value is -5.38. The molecule has 0 unspecified atom stereocenters. The van der Waals surface area contributed by atoms with E-state index in [1.807, 2.05) is 0 Å². The lowest BCUT2D eigenvalue weighted by Crippen LogP contribution is -2.11. The second kappa shape index (κ2) is 16.8. The fourth-order valence-electron chi connectivity index (χ4n) is 3.56. The zero-order chi connectivity index (χ0) is 31.0. The van der Waals surface area contributed by atoms with Gasteiger partial charge < -0.3 is 18.9 Å². The van der Waals surface area contributed by atoms with Crippen LogP contribution in [-0.4, -0.2) is 37.1 Å². The van der Waals surface area contributed by atoms with Crippen molar-refractivity contribution < 1.29 is 47.9 Å². The number of benzene rings is 3. The maximum atomic E-state index is 12.6. The van der Waals surface area contributed by atoms with Gasteiger partial charge in [-0.3, -0.25) is 4.89 Å². The van der Waals surface area contributed by atoms with E-state index in [0.717, 1.165) is 37.8 Å². The van der Waals surface area contributed by atoms with Crippen LogP contribution in [0.5, 0.6) is 23.0 Å². The predicted molar refractivity (Wildman–Crippen MR) is 156 cm³/mol. The molecule has 10 heteroatoms. The second-order valence-corrected chi connectivity index (χ2v) is 9.08. The average molecular weight is 589 g/mol. The fourth-order valence-corrected chi connectivity index (χ4v) is 3.56. The summed E-state index contributed by atoms with van der Waals surface area (Å²) in [6.07, 6.45) is 5.59. The first kappa shape index (κ1) is 32.1. The number of hydrogen-bond donors (Lipinski definition) is 0. The summed E-state index contributed by atoms with van der Waals surface area (Å²) in [7, 11) is 0. The molecule has 0 heterocycles. The third-order valence-corrected chi connectivity index (χ3v) is 5.84. The first-order valence-electron chi connectivity index (χ1n) is 13.5. The van der Waals surface area contributed by atoms with Gasteiger partial charge in [-0.25, -0.2) is 24.1 Å². The summed E-state index contributed by atoms with van der Waals surface area (Å²) < 4.78 is 21.6. The quantitative estimate of drug-likeness (QED) is 0.0482. The van der Waals surface area contributed by atoms with E-state index in [9.17, 15) is 19.2 Å². The minimum absolute atomic E-state index is 0.213. The molecule has 0 aromatic heterocycles. The molecule has 0 radical (unpaired) electrons. The van der Waals surface area contributed by atoms with Crippen molar-refractivity contribution >= 4 is 23.9 Å². The Morgan fingerprint density at radius 2 is 1.21 bits per heavy atom. The maximum absolute atomic E-state index is 12.6. The lowest BCUT2D eigenvalue weighted by atomic mass is 10.2. The summed E-state index contributed by atoms with van der Waals surface area (Å²) in [5.74, 6) is -0.891. The third-order valence-electron chi connectivity index (χ3n) is 5.84. The van der Waals surface area contributed by atoms with Crippen LogP contribution in [0, 0.1) is 6.92 Å². The monoisotopic (exact) mass is 588 g/mol. The van der Waals surface area contributed by atoms with Crippen LogP contribution >= 0.6 is 0 Å². The highest BCUT2D eigenvalue weighted by Gasteiger charge is 2.14. The number of carbonyl (C=O) groups excluding carboxylic acids is 4. The predicted octanol–water partition coefficient (Wildman–Crippen LogP) is 6.12. The van der Waals surface area contributed by atoms with Crippen molar-refractivity contribution in [3.63, 3.8) is 0 Å². The molecule has 3 rings (SSSR count). The highest BCUT2D eigenvalue weighted by molar-refractivity contribution is 5.92. The molecule has 0 aliphatic rings. The largest absolute Gasteiger partial charge is 0.494 e. The zero-order valence-corrected chi connectivity index (χ0v) is 23.7. The average Bonchev–Trinajstić information content (AvgIpc) is 3.02. The molecule has 3 aromatic carbocycles. The van der Waals surface area contributed by atoms with Crippen LogP contribution in [0.3, 0.4) is 0 Å². The standard InChI is InChI=1S/C33H32O10/c1-4-30(34)39-21-9-7-6-8-20-38-26-14-10-24(11-15-26)32(36)40-28-18-19-29(23(3)22-28)41-33(37)25-12-16-27(17-13-25)42-43-31(35)5-2/h4-5,10-19,22H,1-2,6-9,20-21H2,3H3. The van der Waals surface area contributed by atoms with E-state index in [4.69, 9.17) is 23.8 Å². The van der Waals surface area contributed by atoms with Crippen LogP contribution < -0.4 is 19.1 Å². The van der Waals surface area contributed by atoms with Gasteiger partial charge in [-0.15, -0.1) is 0 Å². The van der Waals surface area contributed by atoms with E-state index in [1.54, 1.807) is 37.3 Å². The number of rotatable bonds is 16. The summed E-state index contributed by atoms with van der Waals surface area (Å²) >= 11 is 0. The number of ether oxygens (including phenoxy) is 4. The molecular weight excluding hydrogens is 556 g/mol. The second-order valence-electron chi connectivity index (χ2n) is 9.08. The van der Waals surface area contributed by atoms with E-state index in [2.05, 4.69) is 18.0 Å². The minimum atomic E-state index is -0.752. The van der Waals surface area contributed by atoms with Gasteiger partial charge in [0.15, 0.2) is 5.75 Å². The van der Waals surface area contributed by atoms with Crippen molar-refractivity contribution in [2.75, 3.05) is 13.2 Å². The highest BCUT2D eigenvalue weighted by atomic mass is 17.2. The lowest BCUT2D eigenvalue weighted by Gasteiger charge is -2.11. The van der Waals surface area contributed by atoms with Crippen molar-refractivity contribution in [3.05, 3.63) is 109 Å². The molecule has 3 aromatic rings. The van der Waals surface area contributed by atoms with Gasteiger partial charge in [-0.05, 0) is 105 Å². The minimum Gasteiger partial charge on any atom is -0.494 e. The van der Waals surface area contributed by atoms with E-state index in [-0.39, 0.29) is 17.1 Å². The van der Waals surface area contributed by atoms with Crippen LogP contribution in [0.4, 0.5) is 0 Å². The van der Waals surface area contributed by atoms with Crippen LogP contribution in [0.15, 0.2) is 92.0 Å². The Morgan fingerprint density at radius 3 is 1.81 bits per heavy atom. The SMILES string of the molecule is C=CC(=O)OCCCCCCOc1ccc(C(=O)Oc2ccc(OC(=O)c3ccc(OOC(=O)C=C)cc3)c(C)c2)cc1. The Balaban J connectivity index is 1.43. The number of unbranched alkanes of at least 4 members (excludes halogenated alkanes) is 3. The van der Waals surface area contributed by atoms with Gasteiger partial charge in [0.05, 0.1) is 24.3 Å². The van der Waals surface area contributed by atoms with Crippen molar-refractivity contribution in [1.29, 1.82) is 0 Å². The zero-order valence-electron chi connectivity index (χ0n) is 23.7. The first-order chi connectivity index (χ1) is 20.8. The topological polar surface area (TPSA) is 124 Å². The molecule has 0 saturated heterocycles. The molecule has 0 amide bonds. The Kier molecular flexibility index (Phi) is 12.5. The smallest absolute Gasteiger partial charge is 0.378 e. The van der Waals surface area contributed by atoms with Gasteiger partial charge >= 0.3 is 23.9 Å². The Morgan fingerprint density at radius 1 is 0.651 bits per heavy atom. The first-order valence-corrected chi connectivity index (χ1v) is 13.5. The Bertz CT molecular complexity index is 1430. The normalized spacial score (nSPS) is 10.2. The van der Waals surface area contributed by atoms with Crippen molar-refractivity contribution in [2.24, 2.45) is 0 Å².